The third-order valence-corrected chi connectivity index (χ3v) is 5.65. The van der Waals surface area contributed by atoms with Gasteiger partial charge in [-0.3, -0.25) is 4.79 Å². The molecule has 6 nitrogen and oxygen atoms in total. The number of hydrogen-bond acceptors (Lipinski definition) is 4. The minimum Gasteiger partial charge on any atom is -0.495 e. The van der Waals surface area contributed by atoms with Crippen molar-refractivity contribution in [1.29, 1.82) is 0 Å². The summed E-state index contributed by atoms with van der Waals surface area (Å²) < 4.78 is 32.7. The van der Waals surface area contributed by atoms with Gasteiger partial charge in [-0.1, -0.05) is 27.5 Å². The number of amides is 1. The molecule has 0 saturated heterocycles. The van der Waals surface area contributed by atoms with Crippen molar-refractivity contribution >= 4 is 49.1 Å². The highest BCUT2D eigenvalue weighted by molar-refractivity contribution is 9.10. The van der Waals surface area contributed by atoms with E-state index < -0.39 is 22.0 Å². The second-order valence-corrected chi connectivity index (χ2v) is 8.17. The maximum absolute atomic E-state index is 12.3. The summed E-state index contributed by atoms with van der Waals surface area (Å²) in [6.07, 6.45) is 0. The molecule has 0 fully saturated rings. The molecule has 2 aromatic carbocycles. The Hall–Kier alpha value is -1.61. The second kappa shape index (κ2) is 8.18. The van der Waals surface area contributed by atoms with E-state index in [1.54, 1.807) is 24.3 Å². The Balaban J connectivity index is 2.07. The third-order valence-electron chi connectivity index (χ3n) is 3.27. The lowest BCUT2D eigenvalue weighted by Gasteiger charge is -2.15. The average Bonchev–Trinajstić information content (AvgIpc) is 2.55. The predicted molar refractivity (Wildman–Crippen MR) is 101 cm³/mol. The maximum Gasteiger partial charge on any atom is 0.242 e. The predicted octanol–water partition coefficient (Wildman–Crippen LogP) is 3.42. The minimum atomic E-state index is -3.81. The van der Waals surface area contributed by atoms with Crippen LogP contribution in [0.15, 0.2) is 51.8 Å². The quantitative estimate of drug-likeness (QED) is 0.711. The number of ether oxygens (including phenoxy) is 1. The summed E-state index contributed by atoms with van der Waals surface area (Å²) in [5, 5.41) is 2.94. The molecule has 0 aliphatic heterocycles. The van der Waals surface area contributed by atoms with Crippen LogP contribution in [-0.2, 0) is 14.8 Å². The smallest absolute Gasteiger partial charge is 0.242 e. The number of rotatable bonds is 6. The second-order valence-electron chi connectivity index (χ2n) is 5.14. The number of sulfonamides is 1. The zero-order chi connectivity index (χ0) is 18.6. The van der Waals surface area contributed by atoms with Crippen LogP contribution in [0.3, 0.4) is 0 Å². The van der Waals surface area contributed by atoms with Crippen molar-refractivity contribution in [3.63, 3.8) is 0 Å². The van der Waals surface area contributed by atoms with E-state index in [0.29, 0.717) is 16.5 Å². The van der Waals surface area contributed by atoms with Crippen molar-refractivity contribution < 1.29 is 17.9 Å². The fourth-order valence-electron chi connectivity index (χ4n) is 1.96. The normalized spacial score (nSPS) is 12.5. The van der Waals surface area contributed by atoms with Crippen LogP contribution in [0.2, 0.25) is 5.02 Å². The van der Waals surface area contributed by atoms with Gasteiger partial charge in [0.1, 0.15) is 5.75 Å². The van der Waals surface area contributed by atoms with Gasteiger partial charge in [-0.2, -0.15) is 4.72 Å². The van der Waals surface area contributed by atoms with Crippen molar-refractivity contribution in [2.75, 3.05) is 12.4 Å². The lowest BCUT2D eigenvalue weighted by Crippen LogP contribution is -2.41. The van der Waals surface area contributed by atoms with Crippen LogP contribution in [0.25, 0.3) is 0 Å². The molecule has 1 atom stereocenters. The van der Waals surface area contributed by atoms with E-state index in [2.05, 4.69) is 26.0 Å². The molecule has 0 aliphatic rings. The van der Waals surface area contributed by atoms with Crippen LogP contribution < -0.4 is 14.8 Å². The molecule has 134 valence electrons. The zero-order valence-corrected chi connectivity index (χ0v) is 16.6. The van der Waals surface area contributed by atoms with Crippen molar-refractivity contribution in [2.45, 2.75) is 17.9 Å². The molecule has 2 N–H and O–H groups in total. The van der Waals surface area contributed by atoms with E-state index >= 15 is 0 Å². The van der Waals surface area contributed by atoms with Gasteiger partial charge in [0.15, 0.2) is 0 Å². The van der Waals surface area contributed by atoms with E-state index in [0.717, 1.165) is 4.47 Å². The van der Waals surface area contributed by atoms with Gasteiger partial charge in [0.25, 0.3) is 0 Å². The molecule has 0 bridgehead atoms. The van der Waals surface area contributed by atoms with Crippen LogP contribution in [0, 0.1) is 0 Å². The highest BCUT2D eigenvalue weighted by Gasteiger charge is 2.22. The van der Waals surface area contributed by atoms with Crippen molar-refractivity contribution in [2.24, 2.45) is 0 Å². The summed E-state index contributed by atoms with van der Waals surface area (Å²) in [6, 6.07) is 9.87. The molecule has 0 unspecified atom stereocenters. The molecule has 0 spiro atoms. The van der Waals surface area contributed by atoms with Crippen LogP contribution in [0.4, 0.5) is 5.69 Å². The Kier molecular flexibility index (Phi) is 6.45. The number of hydrogen-bond donors (Lipinski definition) is 2. The van der Waals surface area contributed by atoms with Gasteiger partial charge in [-0.25, -0.2) is 8.42 Å². The number of methoxy groups -OCH3 is 1. The van der Waals surface area contributed by atoms with E-state index in [-0.39, 0.29) is 4.90 Å². The molecule has 1 amide bonds. The number of halogens is 2. The van der Waals surface area contributed by atoms with Gasteiger partial charge in [0, 0.05) is 10.2 Å². The largest absolute Gasteiger partial charge is 0.495 e. The molecule has 2 aromatic rings. The van der Waals surface area contributed by atoms with Gasteiger partial charge in [-0.05, 0) is 49.4 Å². The molecular formula is C16H16BrClN2O4S. The summed E-state index contributed by atoms with van der Waals surface area (Å²) in [5.41, 5.74) is 0.436. The van der Waals surface area contributed by atoms with Crippen LogP contribution in [-0.4, -0.2) is 27.5 Å². The Labute approximate surface area is 159 Å². The standard InChI is InChI=1S/C16H16BrClN2O4S/c1-10(20-25(22,23)13-6-3-11(17)4-7-13)16(21)19-12-5-8-15(24-2)14(18)9-12/h3-10,20H,1-2H3,(H,19,21)/t10-/m1/s1. The number of carbonyl (C=O) groups is 1. The van der Waals surface area contributed by atoms with Gasteiger partial charge in [0.05, 0.1) is 23.1 Å². The molecule has 0 aromatic heterocycles. The first kappa shape index (κ1) is 19.7. The summed E-state index contributed by atoms with van der Waals surface area (Å²) in [5.74, 6) is -0.0365. The highest BCUT2D eigenvalue weighted by Crippen LogP contribution is 2.27. The number of anilines is 1. The van der Waals surface area contributed by atoms with Gasteiger partial charge < -0.3 is 10.1 Å². The van der Waals surface area contributed by atoms with Crippen molar-refractivity contribution in [3.8, 4) is 5.75 Å². The van der Waals surface area contributed by atoms with E-state index in [9.17, 15) is 13.2 Å². The Morgan fingerprint density at radius 3 is 2.40 bits per heavy atom. The minimum absolute atomic E-state index is 0.0721. The SMILES string of the molecule is COc1ccc(NC(=O)[C@@H](C)NS(=O)(=O)c2ccc(Br)cc2)cc1Cl. The summed E-state index contributed by atoms with van der Waals surface area (Å²) in [4.78, 5) is 12.3. The van der Waals surface area contributed by atoms with Crippen LogP contribution in [0.1, 0.15) is 6.92 Å². The first-order valence-corrected chi connectivity index (χ1v) is 9.80. The molecule has 0 aliphatic carbocycles. The Morgan fingerprint density at radius 1 is 1.20 bits per heavy atom. The lowest BCUT2D eigenvalue weighted by atomic mass is 10.2. The van der Waals surface area contributed by atoms with Crippen LogP contribution in [0.5, 0.6) is 5.75 Å². The fraction of sp³-hybridized carbons (Fsp3) is 0.188. The van der Waals surface area contributed by atoms with Gasteiger partial charge >= 0.3 is 0 Å². The van der Waals surface area contributed by atoms with E-state index in [1.807, 2.05) is 0 Å². The summed E-state index contributed by atoms with van der Waals surface area (Å²) >= 11 is 9.24. The molecule has 25 heavy (non-hydrogen) atoms. The van der Waals surface area contributed by atoms with Crippen LogP contribution >= 0.6 is 27.5 Å². The monoisotopic (exact) mass is 446 g/mol. The van der Waals surface area contributed by atoms with Gasteiger partial charge in [0.2, 0.25) is 15.9 Å². The molecular weight excluding hydrogens is 432 g/mol. The summed E-state index contributed by atoms with van der Waals surface area (Å²) in [6.45, 7) is 1.46. The average molecular weight is 448 g/mol. The fourth-order valence-corrected chi connectivity index (χ4v) is 3.69. The molecule has 0 saturated carbocycles. The third kappa shape index (κ3) is 5.18. The molecule has 0 heterocycles. The number of nitrogens with one attached hydrogen (secondary N) is 2. The van der Waals surface area contributed by atoms with Crippen molar-refractivity contribution in [3.05, 3.63) is 52.0 Å². The van der Waals surface area contributed by atoms with E-state index in [4.69, 9.17) is 16.3 Å². The number of benzene rings is 2. The summed E-state index contributed by atoms with van der Waals surface area (Å²) in [7, 11) is -2.33. The zero-order valence-electron chi connectivity index (χ0n) is 13.4. The first-order valence-electron chi connectivity index (χ1n) is 7.15. The van der Waals surface area contributed by atoms with Crippen molar-refractivity contribution in [1.82, 2.24) is 4.72 Å². The molecule has 9 heteroatoms. The lowest BCUT2D eigenvalue weighted by molar-refractivity contribution is -0.117. The van der Waals surface area contributed by atoms with Gasteiger partial charge in [-0.15, -0.1) is 0 Å². The topological polar surface area (TPSA) is 84.5 Å². The number of carbonyl (C=O) groups excluding carboxylic acids is 1. The first-order chi connectivity index (χ1) is 11.7. The molecule has 0 radical (unpaired) electrons. The van der Waals surface area contributed by atoms with E-state index in [1.165, 1.54) is 32.2 Å². The highest BCUT2D eigenvalue weighted by atomic mass is 79.9. The molecule has 2 rings (SSSR count). The maximum atomic E-state index is 12.3. The Morgan fingerprint density at radius 2 is 1.84 bits per heavy atom. The Bertz CT molecular complexity index is 872.